The van der Waals surface area contributed by atoms with Gasteiger partial charge in [-0.15, -0.1) is 11.3 Å². The summed E-state index contributed by atoms with van der Waals surface area (Å²) in [5.74, 6) is -0.271. The highest BCUT2D eigenvalue weighted by molar-refractivity contribution is 7.94. The van der Waals surface area contributed by atoms with Crippen molar-refractivity contribution in [2.75, 3.05) is 12.8 Å². The van der Waals surface area contributed by atoms with Crippen molar-refractivity contribution in [3.8, 4) is 0 Å². The SMILES string of the molecule is C[C@H]1CCCC[C@H]1N(C)C(=O)CS(=O)(=O)c1cccs1. The van der Waals surface area contributed by atoms with Crippen molar-refractivity contribution < 1.29 is 13.2 Å². The van der Waals surface area contributed by atoms with Gasteiger partial charge in [0.1, 0.15) is 9.96 Å². The Kier molecular flexibility index (Phi) is 4.86. The van der Waals surface area contributed by atoms with Crippen LogP contribution >= 0.6 is 11.3 Å². The monoisotopic (exact) mass is 315 g/mol. The minimum absolute atomic E-state index is 0.176. The summed E-state index contributed by atoms with van der Waals surface area (Å²) < 4.78 is 24.5. The van der Waals surface area contributed by atoms with Crippen LogP contribution in [0.5, 0.6) is 0 Å². The van der Waals surface area contributed by atoms with Crippen molar-refractivity contribution in [1.82, 2.24) is 4.90 Å². The fourth-order valence-corrected chi connectivity index (χ4v) is 5.17. The van der Waals surface area contributed by atoms with E-state index in [1.165, 1.54) is 6.42 Å². The summed E-state index contributed by atoms with van der Waals surface area (Å²) in [5, 5.41) is 1.71. The Morgan fingerprint density at radius 2 is 2.10 bits per heavy atom. The lowest BCUT2D eigenvalue weighted by atomic mass is 9.85. The van der Waals surface area contributed by atoms with Gasteiger partial charge in [0.05, 0.1) is 0 Å². The first kappa shape index (κ1) is 15.5. The van der Waals surface area contributed by atoms with Crippen LogP contribution in [0.4, 0.5) is 0 Å². The second-order valence-electron chi connectivity index (χ2n) is 5.52. The van der Waals surface area contributed by atoms with Gasteiger partial charge in [-0.25, -0.2) is 8.42 Å². The maximum Gasteiger partial charge on any atom is 0.238 e. The molecule has 4 nitrogen and oxygen atoms in total. The molecule has 0 saturated heterocycles. The molecule has 0 unspecified atom stereocenters. The third-order valence-electron chi connectivity index (χ3n) is 4.07. The Hall–Kier alpha value is -0.880. The molecule has 2 atom stereocenters. The van der Waals surface area contributed by atoms with Gasteiger partial charge in [0.15, 0.2) is 9.84 Å². The zero-order chi connectivity index (χ0) is 14.8. The van der Waals surface area contributed by atoms with E-state index in [-0.39, 0.29) is 16.2 Å². The highest BCUT2D eigenvalue weighted by Crippen LogP contribution is 2.28. The van der Waals surface area contributed by atoms with Crippen LogP contribution in [-0.2, 0) is 14.6 Å². The second-order valence-corrected chi connectivity index (χ2v) is 8.69. The molecule has 0 aromatic carbocycles. The first-order valence-corrected chi connectivity index (χ1v) is 9.47. The molecule has 0 aliphatic heterocycles. The first-order valence-electron chi connectivity index (χ1n) is 6.94. The van der Waals surface area contributed by atoms with E-state index in [0.717, 1.165) is 30.6 Å². The molecule has 1 aliphatic carbocycles. The Bertz CT molecular complexity index is 551. The molecule has 0 spiro atoms. The van der Waals surface area contributed by atoms with Crippen LogP contribution in [0.15, 0.2) is 21.7 Å². The minimum atomic E-state index is -3.49. The molecule has 20 heavy (non-hydrogen) atoms. The van der Waals surface area contributed by atoms with Crippen LogP contribution in [0.25, 0.3) is 0 Å². The molecule has 1 amide bonds. The molecule has 6 heteroatoms. The Labute approximate surface area is 124 Å². The van der Waals surface area contributed by atoms with Crippen LogP contribution < -0.4 is 0 Å². The van der Waals surface area contributed by atoms with Crippen molar-refractivity contribution in [2.24, 2.45) is 5.92 Å². The number of carbonyl (C=O) groups is 1. The van der Waals surface area contributed by atoms with Crippen molar-refractivity contribution in [3.63, 3.8) is 0 Å². The summed E-state index contributed by atoms with van der Waals surface area (Å²) in [7, 11) is -1.76. The number of rotatable bonds is 4. The minimum Gasteiger partial charge on any atom is -0.342 e. The Balaban J connectivity index is 2.04. The fraction of sp³-hybridized carbons (Fsp3) is 0.643. The third-order valence-corrected chi connectivity index (χ3v) is 7.16. The van der Waals surface area contributed by atoms with Crippen molar-refractivity contribution >= 4 is 27.1 Å². The van der Waals surface area contributed by atoms with E-state index < -0.39 is 15.6 Å². The number of amides is 1. The van der Waals surface area contributed by atoms with E-state index in [9.17, 15) is 13.2 Å². The number of sulfone groups is 1. The lowest BCUT2D eigenvalue weighted by Gasteiger charge is -2.36. The predicted octanol–water partition coefficient (Wildman–Crippen LogP) is 2.56. The van der Waals surface area contributed by atoms with Gasteiger partial charge in [0.2, 0.25) is 5.91 Å². The normalized spacial score (nSPS) is 23.5. The first-order chi connectivity index (χ1) is 9.42. The summed E-state index contributed by atoms with van der Waals surface area (Å²) >= 11 is 1.16. The molecule has 1 heterocycles. The quantitative estimate of drug-likeness (QED) is 0.858. The summed E-state index contributed by atoms with van der Waals surface area (Å²) in [6.45, 7) is 2.14. The molecule has 112 valence electrons. The molecular formula is C14H21NO3S2. The van der Waals surface area contributed by atoms with Crippen LogP contribution in [0, 0.1) is 5.92 Å². The molecule has 0 bridgehead atoms. The second kappa shape index (κ2) is 6.26. The van der Waals surface area contributed by atoms with Gasteiger partial charge in [0, 0.05) is 13.1 Å². The van der Waals surface area contributed by atoms with E-state index in [1.807, 2.05) is 0 Å². The van der Waals surface area contributed by atoms with Crippen molar-refractivity contribution in [2.45, 2.75) is 42.9 Å². The topological polar surface area (TPSA) is 54.5 Å². The van der Waals surface area contributed by atoms with Gasteiger partial charge in [-0.3, -0.25) is 4.79 Å². The molecule has 0 N–H and O–H groups in total. The van der Waals surface area contributed by atoms with E-state index in [1.54, 1.807) is 29.5 Å². The van der Waals surface area contributed by atoms with Gasteiger partial charge in [0.25, 0.3) is 0 Å². The predicted molar refractivity (Wildman–Crippen MR) is 80.6 cm³/mol. The maximum absolute atomic E-state index is 12.3. The maximum atomic E-state index is 12.3. The average Bonchev–Trinajstić information content (AvgIpc) is 2.92. The van der Waals surface area contributed by atoms with Gasteiger partial charge in [-0.05, 0) is 30.2 Å². The van der Waals surface area contributed by atoms with Gasteiger partial charge < -0.3 is 4.90 Å². The Morgan fingerprint density at radius 3 is 2.70 bits per heavy atom. The van der Waals surface area contributed by atoms with Crippen LogP contribution in [0.2, 0.25) is 0 Å². The molecule has 1 saturated carbocycles. The van der Waals surface area contributed by atoms with Crippen molar-refractivity contribution in [3.05, 3.63) is 17.5 Å². The number of hydrogen-bond donors (Lipinski definition) is 0. The summed E-state index contributed by atoms with van der Waals surface area (Å²) in [6.07, 6.45) is 4.40. The number of thiophene rings is 1. The lowest BCUT2D eigenvalue weighted by molar-refractivity contribution is -0.130. The van der Waals surface area contributed by atoms with E-state index in [4.69, 9.17) is 0 Å². The number of hydrogen-bond acceptors (Lipinski definition) is 4. The number of carbonyl (C=O) groups excluding carboxylic acids is 1. The highest BCUT2D eigenvalue weighted by atomic mass is 32.2. The zero-order valence-electron chi connectivity index (χ0n) is 11.9. The van der Waals surface area contributed by atoms with Crippen LogP contribution in [-0.4, -0.2) is 38.1 Å². The summed E-state index contributed by atoms with van der Waals surface area (Å²) in [6, 6.07) is 3.42. The van der Waals surface area contributed by atoms with E-state index in [2.05, 4.69) is 6.92 Å². The van der Waals surface area contributed by atoms with E-state index in [0.29, 0.717) is 5.92 Å². The van der Waals surface area contributed by atoms with Crippen LogP contribution in [0.3, 0.4) is 0 Å². The molecule has 1 fully saturated rings. The summed E-state index contributed by atoms with van der Waals surface area (Å²) in [4.78, 5) is 13.9. The largest absolute Gasteiger partial charge is 0.342 e. The lowest BCUT2D eigenvalue weighted by Crippen LogP contribution is -2.44. The average molecular weight is 315 g/mol. The zero-order valence-corrected chi connectivity index (χ0v) is 13.5. The Morgan fingerprint density at radius 1 is 1.40 bits per heavy atom. The fourth-order valence-electron chi connectivity index (χ4n) is 2.83. The molecule has 0 radical (unpaired) electrons. The molecular weight excluding hydrogens is 294 g/mol. The highest BCUT2D eigenvalue weighted by Gasteiger charge is 2.30. The van der Waals surface area contributed by atoms with Gasteiger partial charge in [-0.2, -0.15) is 0 Å². The molecule has 2 rings (SSSR count). The molecule has 1 aromatic rings. The van der Waals surface area contributed by atoms with Gasteiger partial charge in [-0.1, -0.05) is 25.8 Å². The van der Waals surface area contributed by atoms with Gasteiger partial charge >= 0.3 is 0 Å². The third kappa shape index (κ3) is 3.41. The smallest absolute Gasteiger partial charge is 0.238 e. The van der Waals surface area contributed by atoms with Crippen LogP contribution in [0.1, 0.15) is 32.6 Å². The van der Waals surface area contributed by atoms with E-state index >= 15 is 0 Å². The van der Waals surface area contributed by atoms with Crippen molar-refractivity contribution in [1.29, 1.82) is 0 Å². The summed E-state index contributed by atoms with van der Waals surface area (Å²) in [5.41, 5.74) is 0. The molecule has 1 aromatic heterocycles. The number of nitrogens with zero attached hydrogens (tertiary/aromatic N) is 1. The standard InChI is InChI=1S/C14H21NO3S2/c1-11-6-3-4-7-12(11)15(2)13(16)10-20(17,18)14-8-5-9-19-14/h5,8-9,11-12H,3-4,6-7,10H2,1-2H3/t11-,12+/m0/s1. The molecule has 1 aliphatic rings.